The van der Waals surface area contributed by atoms with E-state index in [0.29, 0.717) is 18.4 Å². The summed E-state index contributed by atoms with van der Waals surface area (Å²) in [6, 6.07) is 7.81. The van der Waals surface area contributed by atoms with E-state index in [2.05, 4.69) is 0 Å². The molecule has 8 heteroatoms. The number of ketones is 3. The highest BCUT2D eigenvalue weighted by Crippen LogP contribution is 2.39. The number of aliphatic hydroxyl groups is 3. The summed E-state index contributed by atoms with van der Waals surface area (Å²) in [5.41, 5.74) is 1.49. The van der Waals surface area contributed by atoms with Gasteiger partial charge < -0.3 is 24.8 Å². The lowest BCUT2D eigenvalue weighted by atomic mass is 9.74. The van der Waals surface area contributed by atoms with Crippen LogP contribution in [-0.2, 0) is 11.2 Å². The quantitative estimate of drug-likeness (QED) is 0.532. The summed E-state index contributed by atoms with van der Waals surface area (Å²) in [6.45, 7) is 3.49. The number of fused-ring (bicyclic) bond motifs is 4. The van der Waals surface area contributed by atoms with E-state index in [1.807, 2.05) is 6.92 Å². The number of carbonyl (C=O) groups is 3. The third-order valence-electron chi connectivity index (χ3n) is 6.69. The summed E-state index contributed by atoms with van der Waals surface area (Å²) in [7, 11) is 0. The average molecular weight is 452 g/mol. The first-order valence-electron chi connectivity index (χ1n) is 11.0. The fourth-order valence-corrected chi connectivity index (χ4v) is 4.98. The first-order valence-corrected chi connectivity index (χ1v) is 11.0. The molecule has 3 aliphatic rings. The summed E-state index contributed by atoms with van der Waals surface area (Å²) in [5, 5.41) is 30.3. The van der Waals surface area contributed by atoms with Crippen molar-refractivity contribution in [2.75, 3.05) is 0 Å². The Morgan fingerprint density at radius 1 is 0.818 bits per heavy atom. The van der Waals surface area contributed by atoms with Crippen LogP contribution in [0.1, 0.15) is 68.0 Å². The maximum Gasteiger partial charge on any atom is 0.229 e. The van der Waals surface area contributed by atoms with Crippen LogP contribution in [0.4, 0.5) is 0 Å². The second-order valence-electron chi connectivity index (χ2n) is 9.10. The lowest BCUT2D eigenvalue weighted by Gasteiger charge is -2.39. The van der Waals surface area contributed by atoms with Crippen molar-refractivity contribution >= 4 is 17.3 Å². The average Bonchev–Trinajstić information content (AvgIpc) is 2.78. The summed E-state index contributed by atoms with van der Waals surface area (Å²) in [6.07, 6.45) is -5.58. The second-order valence-corrected chi connectivity index (χ2v) is 9.10. The Morgan fingerprint density at radius 3 is 2.27 bits per heavy atom. The van der Waals surface area contributed by atoms with Gasteiger partial charge in [0.1, 0.15) is 24.1 Å². The number of benzene rings is 2. The number of rotatable bonds is 2. The van der Waals surface area contributed by atoms with Crippen LogP contribution in [0.3, 0.4) is 0 Å². The molecule has 2 aliphatic carbocycles. The van der Waals surface area contributed by atoms with Crippen LogP contribution in [0.25, 0.3) is 0 Å². The van der Waals surface area contributed by atoms with Gasteiger partial charge in [0.15, 0.2) is 17.3 Å². The van der Waals surface area contributed by atoms with E-state index < -0.39 is 42.3 Å². The van der Waals surface area contributed by atoms with Gasteiger partial charge in [-0.15, -0.1) is 0 Å². The van der Waals surface area contributed by atoms with Crippen LogP contribution in [0.2, 0.25) is 0 Å². The molecule has 0 spiro atoms. The van der Waals surface area contributed by atoms with Crippen LogP contribution >= 0.6 is 0 Å². The van der Waals surface area contributed by atoms with Gasteiger partial charge in [0.25, 0.3) is 0 Å². The molecular weight excluding hydrogens is 428 g/mol. The molecule has 172 valence electrons. The lowest BCUT2D eigenvalue weighted by Crippen LogP contribution is -2.58. The molecule has 6 unspecified atom stereocenters. The van der Waals surface area contributed by atoms with E-state index in [0.717, 1.165) is 5.56 Å². The highest BCUT2D eigenvalue weighted by atomic mass is 16.7. The SMILES string of the molecule is CC1CC(=O)c2c(ccc3c2C(=O)c2cccc(OC4OC(C)C(O)C(O)C4O)c2C3=O)C1. The molecule has 2 aromatic rings. The molecule has 2 aromatic carbocycles. The zero-order chi connectivity index (χ0) is 23.6. The molecule has 1 fully saturated rings. The molecule has 1 saturated heterocycles. The zero-order valence-electron chi connectivity index (χ0n) is 18.1. The Morgan fingerprint density at radius 2 is 1.52 bits per heavy atom. The number of ether oxygens (including phenoxy) is 2. The van der Waals surface area contributed by atoms with Gasteiger partial charge in [0.2, 0.25) is 6.29 Å². The van der Waals surface area contributed by atoms with Crippen LogP contribution in [-0.4, -0.2) is 63.4 Å². The minimum atomic E-state index is -1.57. The molecule has 33 heavy (non-hydrogen) atoms. The number of hydrogen-bond donors (Lipinski definition) is 3. The molecule has 1 heterocycles. The molecule has 6 atom stereocenters. The van der Waals surface area contributed by atoms with Crippen molar-refractivity contribution < 1.29 is 39.2 Å². The largest absolute Gasteiger partial charge is 0.461 e. The van der Waals surface area contributed by atoms with Crippen molar-refractivity contribution in [3.63, 3.8) is 0 Å². The summed E-state index contributed by atoms with van der Waals surface area (Å²) >= 11 is 0. The van der Waals surface area contributed by atoms with Crippen molar-refractivity contribution in [3.8, 4) is 5.75 Å². The molecule has 1 aliphatic heterocycles. The fraction of sp³-hybridized carbons (Fsp3) is 0.400. The van der Waals surface area contributed by atoms with Gasteiger partial charge in [-0.3, -0.25) is 14.4 Å². The first kappa shape index (κ1) is 21.9. The van der Waals surface area contributed by atoms with Crippen molar-refractivity contribution in [2.45, 2.75) is 57.4 Å². The van der Waals surface area contributed by atoms with Crippen molar-refractivity contribution in [1.82, 2.24) is 0 Å². The van der Waals surface area contributed by atoms with E-state index in [-0.39, 0.29) is 39.7 Å². The Hall–Kier alpha value is -2.91. The molecule has 0 bridgehead atoms. The zero-order valence-corrected chi connectivity index (χ0v) is 18.1. The Labute approximate surface area is 189 Å². The highest BCUT2D eigenvalue weighted by Gasteiger charge is 2.44. The van der Waals surface area contributed by atoms with Crippen LogP contribution < -0.4 is 4.74 Å². The van der Waals surface area contributed by atoms with E-state index >= 15 is 0 Å². The molecule has 5 rings (SSSR count). The Bertz CT molecular complexity index is 1190. The third-order valence-corrected chi connectivity index (χ3v) is 6.69. The van der Waals surface area contributed by atoms with Gasteiger partial charge in [0, 0.05) is 28.7 Å². The third kappa shape index (κ3) is 3.33. The van der Waals surface area contributed by atoms with Crippen molar-refractivity contribution in [2.24, 2.45) is 5.92 Å². The predicted molar refractivity (Wildman–Crippen MR) is 115 cm³/mol. The minimum Gasteiger partial charge on any atom is -0.461 e. The standard InChI is InChI=1S/C25H24O8/c1-10-8-12-6-7-14-19(17(12)15(26)9-10)22(29)13-4-3-5-16(18(13)21(14)28)33-25-24(31)23(30)20(27)11(2)32-25/h3-7,10-11,20,23-25,27,30-31H,8-9H2,1-2H3. The number of carbonyl (C=O) groups excluding carboxylic acids is 3. The number of hydrogen-bond acceptors (Lipinski definition) is 8. The predicted octanol–water partition coefficient (Wildman–Crippen LogP) is 1.43. The van der Waals surface area contributed by atoms with E-state index in [1.165, 1.54) is 25.1 Å². The number of aliphatic hydroxyl groups excluding tert-OH is 3. The first-order chi connectivity index (χ1) is 15.7. The number of Topliss-reactive ketones (excluding diaryl/α,β-unsaturated/α-hetero) is 1. The van der Waals surface area contributed by atoms with Gasteiger partial charge in [0.05, 0.1) is 11.7 Å². The van der Waals surface area contributed by atoms with Crippen LogP contribution in [0, 0.1) is 5.92 Å². The van der Waals surface area contributed by atoms with E-state index in [1.54, 1.807) is 12.1 Å². The Balaban J connectivity index is 1.57. The van der Waals surface area contributed by atoms with Gasteiger partial charge in [-0.1, -0.05) is 25.1 Å². The molecule has 8 nitrogen and oxygen atoms in total. The Kier molecular flexibility index (Phi) is 5.21. The lowest BCUT2D eigenvalue weighted by molar-refractivity contribution is -0.268. The summed E-state index contributed by atoms with van der Waals surface area (Å²) in [5.74, 6) is -0.864. The van der Waals surface area contributed by atoms with Gasteiger partial charge >= 0.3 is 0 Å². The highest BCUT2D eigenvalue weighted by molar-refractivity contribution is 6.32. The van der Waals surface area contributed by atoms with Gasteiger partial charge in [-0.2, -0.15) is 0 Å². The summed E-state index contributed by atoms with van der Waals surface area (Å²) < 4.78 is 11.2. The fourth-order valence-electron chi connectivity index (χ4n) is 4.98. The second kappa shape index (κ2) is 7.85. The normalized spacial score (nSPS) is 31.0. The van der Waals surface area contributed by atoms with Crippen molar-refractivity contribution in [3.05, 3.63) is 63.7 Å². The molecule has 0 amide bonds. The minimum absolute atomic E-state index is 0.00834. The molecule has 3 N–H and O–H groups in total. The molecule has 0 saturated carbocycles. The van der Waals surface area contributed by atoms with E-state index in [9.17, 15) is 29.7 Å². The van der Waals surface area contributed by atoms with Crippen LogP contribution in [0.15, 0.2) is 30.3 Å². The topological polar surface area (TPSA) is 130 Å². The maximum atomic E-state index is 13.5. The van der Waals surface area contributed by atoms with Crippen LogP contribution in [0.5, 0.6) is 5.75 Å². The van der Waals surface area contributed by atoms with Gasteiger partial charge in [-0.25, -0.2) is 0 Å². The molecular formula is C25H24O8. The monoisotopic (exact) mass is 452 g/mol. The maximum absolute atomic E-state index is 13.5. The van der Waals surface area contributed by atoms with E-state index in [4.69, 9.17) is 9.47 Å². The van der Waals surface area contributed by atoms with Gasteiger partial charge in [-0.05, 0) is 37.0 Å². The molecule has 0 radical (unpaired) electrons. The molecule has 0 aromatic heterocycles. The summed E-state index contributed by atoms with van der Waals surface area (Å²) in [4.78, 5) is 39.8. The smallest absolute Gasteiger partial charge is 0.229 e. The van der Waals surface area contributed by atoms with Crippen molar-refractivity contribution in [1.29, 1.82) is 0 Å².